The average molecular weight is 1670 g/mol. The highest BCUT2D eigenvalue weighted by Crippen LogP contribution is 2.38. The van der Waals surface area contributed by atoms with E-state index >= 15 is 28.8 Å². The molecule has 1 aromatic carbocycles. The summed E-state index contributed by atoms with van der Waals surface area (Å²) in [5, 5.41) is 19.7. The Bertz CT molecular complexity index is 4020. The Hall–Kier alpha value is -10.3. The molecule has 7 aliphatic rings. The summed E-state index contributed by atoms with van der Waals surface area (Å²) in [5.41, 5.74) is -22.9. The molecule has 14 amide bonds. The highest BCUT2D eigenvalue weighted by Gasteiger charge is 2.63. The Labute approximate surface area is 689 Å². The van der Waals surface area contributed by atoms with Crippen LogP contribution in [0.5, 0.6) is 0 Å². The molecule has 118 heavy (non-hydrogen) atoms. The first-order chi connectivity index (χ1) is 54.1. The summed E-state index contributed by atoms with van der Waals surface area (Å²) >= 11 is 0. The zero-order valence-electron chi connectivity index (χ0n) is 72.6. The van der Waals surface area contributed by atoms with Gasteiger partial charge in [-0.05, 0) is 196 Å². The van der Waals surface area contributed by atoms with Gasteiger partial charge in [-0.1, -0.05) is 30.3 Å². The SMILES string of the molecule is CCOC(=O)[C@]1(NC(=O)[C@]2(NC(=O)[C@]3(NC(=O)[C@]4(NC(=O)[C@]5(NC(=O)[C@]6(NC(=O)[C@]7(NC(=O)OCc8ccccc8)CCN(C(=O)OC(C)(C)C)C7)CCN(C(=O)OC(C)(C)C)C6)CCN(C(=O)OC(C)(C)C)C5)CCN(C(=O)OC(C)(C)C)C4)CCN(C(=O)OC(C)(C)C)C3)CCN(C(=O)OC(C)(C)C)C2)CCN(C(=O)OC(C)(C)C)C1. The number of carbonyl (C=O) groups excluding carboxylic acids is 15. The van der Waals surface area contributed by atoms with Crippen molar-refractivity contribution < 1.29 is 115 Å². The Kier molecular flexibility index (Phi) is 27.0. The van der Waals surface area contributed by atoms with Gasteiger partial charge >= 0.3 is 54.7 Å². The van der Waals surface area contributed by atoms with Crippen LogP contribution in [0.1, 0.15) is 203 Å². The molecule has 0 radical (unpaired) electrons. The van der Waals surface area contributed by atoms with Crippen molar-refractivity contribution in [2.75, 3.05) is 98.2 Å². The van der Waals surface area contributed by atoms with Gasteiger partial charge in [0.2, 0.25) is 35.4 Å². The fourth-order valence-electron chi connectivity index (χ4n) is 14.7. The van der Waals surface area contributed by atoms with Gasteiger partial charge in [-0.25, -0.2) is 43.2 Å². The van der Waals surface area contributed by atoms with Crippen molar-refractivity contribution in [1.29, 1.82) is 0 Å². The van der Waals surface area contributed by atoms with Crippen LogP contribution < -0.4 is 37.2 Å². The first kappa shape index (κ1) is 93.2. The lowest BCUT2D eigenvalue weighted by atomic mass is 9.87. The monoisotopic (exact) mass is 1660 g/mol. The summed E-state index contributed by atoms with van der Waals surface area (Å²) in [4.78, 5) is 233. The van der Waals surface area contributed by atoms with Crippen molar-refractivity contribution in [2.45, 2.75) is 282 Å². The fraction of sp³-hybridized carbons (Fsp3) is 0.738. The van der Waals surface area contributed by atoms with Crippen molar-refractivity contribution in [1.82, 2.24) is 71.5 Å². The van der Waals surface area contributed by atoms with Gasteiger partial charge in [0.05, 0.1) is 52.4 Å². The van der Waals surface area contributed by atoms with E-state index in [4.69, 9.17) is 42.6 Å². The van der Waals surface area contributed by atoms with Crippen molar-refractivity contribution in [2.24, 2.45) is 0 Å². The molecule has 658 valence electrons. The van der Waals surface area contributed by atoms with Gasteiger partial charge in [0.1, 0.15) is 79.0 Å². The Balaban J connectivity index is 1.24. The number of hydrogen-bond donors (Lipinski definition) is 7. The highest BCUT2D eigenvalue weighted by atomic mass is 16.6. The lowest BCUT2D eigenvalue weighted by molar-refractivity contribution is -0.154. The number of esters is 1. The molecule has 0 aliphatic carbocycles. The molecule has 7 saturated heterocycles. The number of benzene rings is 1. The summed E-state index contributed by atoms with van der Waals surface area (Å²) in [7, 11) is 0. The molecule has 7 aliphatic heterocycles. The zero-order valence-corrected chi connectivity index (χ0v) is 72.6. The first-order valence-electron chi connectivity index (χ1n) is 40.1. The van der Waals surface area contributed by atoms with Crippen molar-refractivity contribution in [3.63, 3.8) is 0 Å². The number of ether oxygens (including phenoxy) is 9. The molecular formula is C80H124N14O24. The van der Waals surface area contributed by atoms with Crippen molar-refractivity contribution in [3.8, 4) is 0 Å². The predicted octanol–water partition coefficient (Wildman–Crippen LogP) is 5.83. The van der Waals surface area contributed by atoms with Crippen molar-refractivity contribution >= 4 is 90.2 Å². The van der Waals surface area contributed by atoms with Gasteiger partial charge < -0.3 is 114 Å². The third-order valence-corrected chi connectivity index (χ3v) is 20.4. The van der Waals surface area contributed by atoms with Gasteiger partial charge in [-0.2, -0.15) is 0 Å². The van der Waals surface area contributed by atoms with Crippen LogP contribution in [0.15, 0.2) is 30.3 Å². The van der Waals surface area contributed by atoms with E-state index in [-0.39, 0.29) is 78.3 Å². The second-order valence-corrected chi connectivity index (χ2v) is 38.8. The molecule has 38 heteroatoms. The molecule has 0 bridgehead atoms. The van der Waals surface area contributed by atoms with E-state index in [1.54, 1.807) is 176 Å². The number of carbonyl (C=O) groups is 15. The Morgan fingerprint density at radius 3 is 0.669 bits per heavy atom. The maximum absolute atomic E-state index is 16.6. The number of hydrogen-bond acceptors (Lipinski definition) is 24. The third kappa shape index (κ3) is 23.3. The quantitative estimate of drug-likeness (QED) is 0.0712. The summed E-state index contributed by atoms with van der Waals surface area (Å²) < 4.78 is 51.6. The number of rotatable bonds is 17. The molecule has 8 rings (SSSR count). The van der Waals surface area contributed by atoms with Crippen LogP contribution in [0.3, 0.4) is 0 Å². The molecule has 0 unspecified atom stereocenters. The van der Waals surface area contributed by atoms with E-state index in [0.717, 1.165) is 24.5 Å². The summed E-state index contributed by atoms with van der Waals surface area (Å²) in [5.74, 6) is -7.77. The van der Waals surface area contributed by atoms with Gasteiger partial charge in [-0.15, -0.1) is 0 Å². The van der Waals surface area contributed by atoms with Crippen LogP contribution in [0.25, 0.3) is 0 Å². The number of likely N-dealkylation sites (tertiary alicyclic amines) is 7. The minimum absolute atomic E-state index is 0.117. The highest BCUT2D eigenvalue weighted by molar-refractivity contribution is 6.05. The molecule has 7 N–H and O–H groups in total. The molecule has 7 atom stereocenters. The largest absolute Gasteiger partial charge is 0.464 e. The smallest absolute Gasteiger partial charge is 0.410 e. The number of nitrogens with zero attached hydrogens (tertiary/aromatic N) is 7. The van der Waals surface area contributed by atoms with E-state index < -0.39 is 240 Å². The molecule has 0 saturated carbocycles. The molecular weight excluding hydrogens is 1540 g/mol. The van der Waals surface area contributed by atoms with Gasteiger partial charge in [0, 0.05) is 52.2 Å². The molecule has 7 heterocycles. The van der Waals surface area contributed by atoms with Crippen molar-refractivity contribution in [3.05, 3.63) is 35.9 Å². The number of amides is 14. The second kappa shape index (κ2) is 34.2. The minimum atomic E-state index is -2.43. The van der Waals surface area contributed by atoms with Crippen LogP contribution in [0.2, 0.25) is 0 Å². The molecule has 0 aromatic heterocycles. The van der Waals surface area contributed by atoms with E-state index in [0.29, 0.717) is 5.56 Å². The van der Waals surface area contributed by atoms with E-state index in [1.165, 1.54) is 16.7 Å². The van der Waals surface area contributed by atoms with Crippen LogP contribution in [-0.4, -0.2) is 301 Å². The van der Waals surface area contributed by atoms with Gasteiger partial charge in [0.25, 0.3) is 0 Å². The molecule has 1 aromatic rings. The Morgan fingerprint density at radius 1 is 0.280 bits per heavy atom. The summed E-state index contributed by atoms with van der Waals surface area (Å²) in [6.07, 6.45) is -10.2. The first-order valence-corrected chi connectivity index (χ1v) is 40.1. The fourth-order valence-corrected chi connectivity index (χ4v) is 14.7. The summed E-state index contributed by atoms with van der Waals surface area (Å²) in [6, 6.07) is 8.61. The zero-order chi connectivity index (χ0) is 88.4. The van der Waals surface area contributed by atoms with Gasteiger partial charge in [-0.3, -0.25) is 28.8 Å². The van der Waals surface area contributed by atoms with Crippen LogP contribution >= 0.6 is 0 Å². The van der Waals surface area contributed by atoms with E-state index in [9.17, 15) is 43.2 Å². The minimum Gasteiger partial charge on any atom is -0.464 e. The molecule has 7 fully saturated rings. The maximum Gasteiger partial charge on any atom is 0.410 e. The number of nitrogens with one attached hydrogen (secondary N) is 7. The standard InChI is InChI=1S/C80H124N14O24/c1-23-110-58(101)80(35-42-94(50-80)66(109)118-73(20,21)22)86-56(99)78(33-40-92(48-78)64(107)116-71(14,15)16)84-54(97)76(31-38-90(46-76)62(105)114-69(8,9)10)82-52(95)74(29-36-88(44-74)60(103)112-67(2,3)4)81-53(96)75(30-37-89(45-75)61(104)113-68(5,6)7)83-55(98)77(32-39-91(47-77)63(106)115-70(11,12)13)85-57(100)79(34-41-93(49-79)65(108)117-72(17,18)19)87-59(102)111-43-51-27-25-24-26-28-51/h24-28H,23,29-50H2,1-22H3,(H,81,96)(H,82,95)(H,83,98)(H,84,97)(H,85,100)(H,86,99)(H,87,102)/t74-,75-,76-,77-,78-,79-,80-/m0/s1. The summed E-state index contributed by atoms with van der Waals surface area (Å²) in [6.45, 7) is 28.7. The third-order valence-electron chi connectivity index (χ3n) is 20.4. The van der Waals surface area contributed by atoms with Crippen LogP contribution in [-0.2, 0) is 82.8 Å². The van der Waals surface area contributed by atoms with Gasteiger partial charge in [0.15, 0.2) is 5.54 Å². The number of alkyl carbamates (subject to hydrolysis) is 1. The van der Waals surface area contributed by atoms with Crippen LogP contribution in [0.4, 0.5) is 38.4 Å². The second-order valence-electron chi connectivity index (χ2n) is 38.8. The molecule has 0 spiro atoms. The topological polar surface area (TPSA) is 446 Å². The average Bonchev–Trinajstić information content (AvgIpc) is 1.59. The van der Waals surface area contributed by atoms with E-state index in [1.807, 2.05) is 0 Å². The predicted molar refractivity (Wildman–Crippen MR) is 421 cm³/mol. The lowest BCUT2D eigenvalue weighted by Crippen LogP contribution is -2.75. The van der Waals surface area contributed by atoms with Crippen LogP contribution in [0, 0.1) is 0 Å². The lowest BCUT2D eigenvalue weighted by Gasteiger charge is -2.41. The molecule has 38 nitrogen and oxygen atoms in total. The normalized spacial score (nSPS) is 25.5. The van der Waals surface area contributed by atoms with E-state index in [2.05, 4.69) is 37.2 Å². The maximum atomic E-state index is 16.6. The Morgan fingerprint density at radius 2 is 0.466 bits per heavy atom.